The maximum atomic E-state index is 13.9. The molecule has 5 heteroatoms. The van der Waals surface area contributed by atoms with Gasteiger partial charge in [-0.15, -0.1) is 0 Å². The average molecular weight is 375 g/mol. The molecule has 0 aromatic heterocycles. The van der Waals surface area contributed by atoms with Gasteiger partial charge in [0, 0.05) is 10.5 Å². The summed E-state index contributed by atoms with van der Waals surface area (Å²) in [6, 6.07) is 9.22. The molecule has 0 heterocycles. The molecule has 0 amide bonds. The van der Waals surface area contributed by atoms with Gasteiger partial charge in [-0.25, -0.2) is 8.78 Å². The van der Waals surface area contributed by atoms with Crippen LogP contribution in [0.5, 0.6) is 0 Å². The topological polar surface area (TPSA) is 12.0 Å². The molecule has 2 aromatic rings. The lowest BCUT2D eigenvalue weighted by Crippen LogP contribution is -2.24. The summed E-state index contributed by atoms with van der Waals surface area (Å²) < 4.78 is 28.3. The van der Waals surface area contributed by atoms with E-state index >= 15 is 0 Å². The van der Waals surface area contributed by atoms with Crippen LogP contribution in [-0.4, -0.2) is 6.54 Å². The smallest absolute Gasteiger partial charge is 0.142 e. The summed E-state index contributed by atoms with van der Waals surface area (Å²) in [6.07, 6.45) is 0.391. The monoisotopic (exact) mass is 373 g/mol. The summed E-state index contributed by atoms with van der Waals surface area (Å²) >= 11 is 9.38. The molecular weight excluding hydrogens is 360 g/mol. The van der Waals surface area contributed by atoms with Crippen molar-refractivity contribution in [2.75, 3.05) is 6.54 Å². The number of nitrogens with one attached hydrogen (secondary N) is 1. The Morgan fingerprint density at radius 3 is 2.67 bits per heavy atom. The molecule has 112 valence electrons. The lowest BCUT2D eigenvalue weighted by Gasteiger charge is -2.20. The van der Waals surface area contributed by atoms with E-state index < -0.39 is 5.82 Å². The van der Waals surface area contributed by atoms with E-state index in [-0.39, 0.29) is 16.9 Å². The van der Waals surface area contributed by atoms with Gasteiger partial charge in [0.15, 0.2) is 0 Å². The van der Waals surface area contributed by atoms with E-state index in [1.165, 1.54) is 12.1 Å². The Balaban J connectivity index is 2.35. The Bertz CT molecular complexity index is 634. The average Bonchev–Trinajstić information content (AvgIpc) is 2.45. The molecule has 0 aliphatic rings. The van der Waals surface area contributed by atoms with Crippen LogP contribution >= 0.6 is 27.5 Å². The number of hydrogen-bond acceptors (Lipinski definition) is 1. The fraction of sp³-hybridized carbons (Fsp3) is 0.250. The van der Waals surface area contributed by atoms with Crippen molar-refractivity contribution in [2.45, 2.75) is 19.4 Å². The number of hydrogen-bond donors (Lipinski definition) is 1. The van der Waals surface area contributed by atoms with Crippen LogP contribution in [0.15, 0.2) is 40.9 Å². The number of likely N-dealkylation sites (N-methyl/N-ethyl adjacent to an activating group) is 1. The van der Waals surface area contributed by atoms with E-state index in [4.69, 9.17) is 11.6 Å². The van der Waals surface area contributed by atoms with Gasteiger partial charge in [-0.1, -0.05) is 46.6 Å². The van der Waals surface area contributed by atoms with Gasteiger partial charge in [-0.2, -0.15) is 0 Å². The molecule has 2 rings (SSSR count). The van der Waals surface area contributed by atoms with Crippen LogP contribution in [0.3, 0.4) is 0 Å². The van der Waals surface area contributed by atoms with Crippen molar-refractivity contribution < 1.29 is 8.78 Å². The largest absolute Gasteiger partial charge is 0.310 e. The first-order valence-corrected chi connectivity index (χ1v) is 7.81. The van der Waals surface area contributed by atoms with Crippen LogP contribution < -0.4 is 5.32 Å². The van der Waals surface area contributed by atoms with Crippen LogP contribution in [0, 0.1) is 11.6 Å². The minimum Gasteiger partial charge on any atom is -0.310 e. The van der Waals surface area contributed by atoms with Gasteiger partial charge in [-0.3, -0.25) is 0 Å². The number of rotatable bonds is 5. The molecule has 1 unspecified atom stereocenters. The van der Waals surface area contributed by atoms with Crippen LogP contribution in [0.25, 0.3) is 0 Å². The quantitative estimate of drug-likeness (QED) is 0.751. The van der Waals surface area contributed by atoms with Crippen molar-refractivity contribution in [3.63, 3.8) is 0 Å². The Hall–Kier alpha value is -0.970. The van der Waals surface area contributed by atoms with E-state index in [9.17, 15) is 8.78 Å². The molecule has 1 nitrogen and oxygen atoms in total. The summed E-state index contributed by atoms with van der Waals surface area (Å²) in [6.45, 7) is 2.62. The van der Waals surface area contributed by atoms with Gasteiger partial charge >= 0.3 is 0 Å². The van der Waals surface area contributed by atoms with Crippen LogP contribution in [-0.2, 0) is 6.42 Å². The van der Waals surface area contributed by atoms with Crippen LogP contribution in [0.4, 0.5) is 8.78 Å². The van der Waals surface area contributed by atoms with Crippen LogP contribution in [0.1, 0.15) is 24.1 Å². The van der Waals surface area contributed by atoms with Gasteiger partial charge in [0.25, 0.3) is 0 Å². The van der Waals surface area contributed by atoms with Crippen molar-refractivity contribution in [2.24, 2.45) is 0 Å². The molecule has 2 aromatic carbocycles. The van der Waals surface area contributed by atoms with E-state index in [0.717, 1.165) is 4.47 Å². The molecule has 0 saturated heterocycles. The summed E-state index contributed by atoms with van der Waals surface area (Å²) in [5.41, 5.74) is 1.19. The molecule has 0 fully saturated rings. The molecule has 0 saturated carbocycles. The Labute approximate surface area is 136 Å². The first kappa shape index (κ1) is 16.4. The van der Waals surface area contributed by atoms with E-state index in [0.29, 0.717) is 24.1 Å². The highest BCUT2D eigenvalue weighted by Gasteiger charge is 2.18. The first-order chi connectivity index (χ1) is 10.0. The van der Waals surface area contributed by atoms with Crippen molar-refractivity contribution in [1.29, 1.82) is 0 Å². The standard InChI is InChI=1S/C16H15BrClF2N/c1-2-21-15(12-4-3-5-14(20)16(12)18)9-10-8-11(17)6-7-13(10)19/h3-8,15,21H,2,9H2,1H3. The lowest BCUT2D eigenvalue weighted by molar-refractivity contribution is 0.523. The Morgan fingerprint density at radius 1 is 1.19 bits per heavy atom. The van der Waals surface area contributed by atoms with Gasteiger partial charge in [0.1, 0.15) is 11.6 Å². The van der Waals surface area contributed by atoms with Gasteiger partial charge < -0.3 is 5.32 Å². The molecule has 0 bridgehead atoms. The van der Waals surface area contributed by atoms with E-state index in [2.05, 4.69) is 21.2 Å². The lowest BCUT2D eigenvalue weighted by atomic mass is 9.98. The Morgan fingerprint density at radius 2 is 1.95 bits per heavy atom. The summed E-state index contributed by atoms with van der Waals surface area (Å²) in [5.74, 6) is -0.750. The molecule has 21 heavy (non-hydrogen) atoms. The zero-order valence-corrected chi connectivity index (χ0v) is 13.8. The van der Waals surface area contributed by atoms with Gasteiger partial charge in [-0.05, 0) is 48.4 Å². The maximum Gasteiger partial charge on any atom is 0.142 e. The first-order valence-electron chi connectivity index (χ1n) is 6.64. The summed E-state index contributed by atoms with van der Waals surface area (Å²) in [4.78, 5) is 0. The molecule has 0 radical (unpaired) electrons. The molecule has 0 aliphatic carbocycles. The van der Waals surface area contributed by atoms with E-state index in [1.54, 1.807) is 24.3 Å². The van der Waals surface area contributed by atoms with Crippen LogP contribution in [0.2, 0.25) is 5.02 Å². The highest BCUT2D eigenvalue weighted by molar-refractivity contribution is 9.10. The molecular formula is C16H15BrClF2N. The zero-order chi connectivity index (χ0) is 15.4. The second-order valence-corrected chi connectivity index (χ2v) is 5.99. The summed E-state index contributed by atoms with van der Waals surface area (Å²) in [5, 5.41) is 3.31. The molecule has 1 atom stereocenters. The van der Waals surface area contributed by atoms with Gasteiger partial charge in [0.05, 0.1) is 5.02 Å². The maximum absolute atomic E-state index is 13.9. The highest BCUT2D eigenvalue weighted by Crippen LogP contribution is 2.29. The van der Waals surface area contributed by atoms with Crippen molar-refractivity contribution in [3.05, 3.63) is 68.7 Å². The third-order valence-electron chi connectivity index (χ3n) is 3.24. The fourth-order valence-corrected chi connectivity index (χ4v) is 2.91. The highest BCUT2D eigenvalue weighted by atomic mass is 79.9. The second kappa shape index (κ2) is 7.34. The number of halogens is 4. The van der Waals surface area contributed by atoms with E-state index in [1.807, 2.05) is 6.92 Å². The number of benzene rings is 2. The molecule has 0 spiro atoms. The van der Waals surface area contributed by atoms with Crippen molar-refractivity contribution in [3.8, 4) is 0 Å². The molecule has 1 N–H and O–H groups in total. The Kier molecular flexibility index (Phi) is 5.73. The predicted octanol–water partition coefficient (Wildman–Crippen LogP) is 5.27. The normalized spacial score (nSPS) is 12.4. The van der Waals surface area contributed by atoms with Crippen molar-refractivity contribution >= 4 is 27.5 Å². The third-order valence-corrected chi connectivity index (χ3v) is 4.13. The SMILES string of the molecule is CCNC(Cc1cc(Br)ccc1F)c1cccc(F)c1Cl. The minimum absolute atomic E-state index is 0.0823. The minimum atomic E-state index is -0.466. The fourth-order valence-electron chi connectivity index (χ4n) is 2.25. The zero-order valence-electron chi connectivity index (χ0n) is 11.5. The molecule has 0 aliphatic heterocycles. The third kappa shape index (κ3) is 4.02. The summed E-state index contributed by atoms with van der Waals surface area (Å²) in [7, 11) is 0. The van der Waals surface area contributed by atoms with Gasteiger partial charge in [0.2, 0.25) is 0 Å². The predicted molar refractivity (Wildman–Crippen MR) is 85.6 cm³/mol. The van der Waals surface area contributed by atoms with Crippen molar-refractivity contribution in [1.82, 2.24) is 5.32 Å². The second-order valence-electron chi connectivity index (χ2n) is 4.69.